The lowest BCUT2D eigenvalue weighted by atomic mass is 9.98. The van der Waals surface area contributed by atoms with E-state index in [9.17, 15) is 4.79 Å². The maximum Gasteiger partial charge on any atom is 0.305 e. The van der Waals surface area contributed by atoms with E-state index in [1.807, 2.05) is 0 Å². The van der Waals surface area contributed by atoms with Gasteiger partial charge in [0.05, 0.1) is 7.11 Å². The van der Waals surface area contributed by atoms with Crippen LogP contribution < -0.4 is 5.32 Å². The van der Waals surface area contributed by atoms with Crippen molar-refractivity contribution in [2.45, 2.75) is 52.6 Å². The van der Waals surface area contributed by atoms with E-state index in [0.29, 0.717) is 18.4 Å². The fourth-order valence-corrected chi connectivity index (χ4v) is 2.33. The van der Waals surface area contributed by atoms with Crippen molar-refractivity contribution in [1.29, 1.82) is 0 Å². The van der Waals surface area contributed by atoms with E-state index in [0.717, 1.165) is 25.9 Å². The predicted octanol–water partition coefficient (Wildman–Crippen LogP) is 3.14. The summed E-state index contributed by atoms with van der Waals surface area (Å²) < 4.78 is 6.80. The zero-order valence-corrected chi connectivity index (χ0v) is 13.2. The maximum atomic E-state index is 11.1. The molecule has 1 aromatic heterocycles. The quantitative estimate of drug-likeness (QED) is 0.707. The Labute approximate surface area is 122 Å². The molecular formula is C16H28N2O2. The number of hydrogen-bond acceptors (Lipinski definition) is 3. The molecule has 20 heavy (non-hydrogen) atoms. The van der Waals surface area contributed by atoms with Gasteiger partial charge in [0.25, 0.3) is 0 Å². The lowest BCUT2D eigenvalue weighted by molar-refractivity contribution is -0.140. The van der Waals surface area contributed by atoms with Crippen LogP contribution in [-0.2, 0) is 16.1 Å². The van der Waals surface area contributed by atoms with E-state index < -0.39 is 0 Å². The van der Waals surface area contributed by atoms with E-state index in [1.165, 1.54) is 12.7 Å². The molecule has 1 rings (SSSR count). The first-order chi connectivity index (χ1) is 9.58. The molecule has 4 heteroatoms. The summed E-state index contributed by atoms with van der Waals surface area (Å²) in [5, 5.41) is 3.59. The summed E-state index contributed by atoms with van der Waals surface area (Å²) in [5.41, 5.74) is 1.33. The van der Waals surface area contributed by atoms with Gasteiger partial charge in [0.1, 0.15) is 0 Å². The standard InChI is InChI=1S/C16H28N2O2/c1-5-9-17-16(13(2)3)14-8-11-18(12-14)10-6-7-15(19)20-4/h8,11-13,16-17H,5-7,9-10H2,1-4H3. The monoisotopic (exact) mass is 280 g/mol. The number of aromatic nitrogens is 1. The highest BCUT2D eigenvalue weighted by molar-refractivity contribution is 5.68. The first-order valence-electron chi connectivity index (χ1n) is 7.54. The third kappa shape index (κ3) is 5.37. The Bertz CT molecular complexity index is 399. The number of nitrogens with zero attached hydrogens (tertiary/aromatic N) is 1. The van der Waals surface area contributed by atoms with Crippen LogP contribution in [0, 0.1) is 5.92 Å². The molecule has 114 valence electrons. The molecule has 0 spiro atoms. The van der Waals surface area contributed by atoms with Crippen molar-refractivity contribution in [3.8, 4) is 0 Å². The highest BCUT2D eigenvalue weighted by Gasteiger charge is 2.15. The zero-order chi connectivity index (χ0) is 15.0. The van der Waals surface area contributed by atoms with Crippen LogP contribution in [-0.4, -0.2) is 24.2 Å². The second-order valence-corrected chi connectivity index (χ2v) is 5.54. The average Bonchev–Trinajstić information content (AvgIpc) is 2.87. The predicted molar refractivity (Wildman–Crippen MR) is 81.6 cm³/mol. The molecule has 0 aliphatic heterocycles. The number of esters is 1. The van der Waals surface area contributed by atoms with Gasteiger partial charge < -0.3 is 14.6 Å². The summed E-state index contributed by atoms with van der Waals surface area (Å²) in [6.07, 6.45) is 6.71. The molecule has 1 unspecified atom stereocenters. The summed E-state index contributed by atoms with van der Waals surface area (Å²) in [6, 6.07) is 2.57. The molecule has 0 aromatic carbocycles. The third-order valence-corrected chi connectivity index (χ3v) is 3.44. The second-order valence-electron chi connectivity index (χ2n) is 5.54. The van der Waals surface area contributed by atoms with Crippen LogP contribution >= 0.6 is 0 Å². The summed E-state index contributed by atoms with van der Waals surface area (Å²) in [7, 11) is 1.43. The van der Waals surface area contributed by atoms with Crippen molar-refractivity contribution in [1.82, 2.24) is 9.88 Å². The summed E-state index contributed by atoms with van der Waals surface area (Å²) in [4.78, 5) is 11.1. The summed E-state index contributed by atoms with van der Waals surface area (Å²) >= 11 is 0. The van der Waals surface area contributed by atoms with Crippen LogP contribution in [0.2, 0.25) is 0 Å². The SMILES string of the molecule is CCCNC(c1ccn(CCCC(=O)OC)c1)C(C)C. The highest BCUT2D eigenvalue weighted by atomic mass is 16.5. The Morgan fingerprint density at radius 1 is 1.45 bits per heavy atom. The Morgan fingerprint density at radius 3 is 2.80 bits per heavy atom. The fourth-order valence-electron chi connectivity index (χ4n) is 2.33. The number of carbonyl (C=O) groups is 1. The van der Waals surface area contributed by atoms with Gasteiger partial charge in [-0.2, -0.15) is 0 Å². The van der Waals surface area contributed by atoms with Crippen LogP contribution in [0.5, 0.6) is 0 Å². The Balaban J connectivity index is 2.53. The van der Waals surface area contributed by atoms with Crippen LogP contribution in [0.3, 0.4) is 0 Å². The van der Waals surface area contributed by atoms with E-state index in [1.54, 1.807) is 0 Å². The molecule has 0 fully saturated rings. The van der Waals surface area contributed by atoms with E-state index >= 15 is 0 Å². The highest BCUT2D eigenvalue weighted by Crippen LogP contribution is 2.22. The Morgan fingerprint density at radius 2 is 2.20 bits per heavy atom. The van der Waals surface area contributed by atoms with Gasteiger partial charge in [0.15, 0.2) is 0 Å². The van der Waals surface area contributed by atoms with Crippen LogP contribution in [0.25, 0.3) is 0 Å². The van der Waals surface area contributed by atoms with Crippen molar-refractivity contribution in [3.63, 3.8) is 0 Å². The molecule has 0 bridgehead atoms. The maximum absolute atomic E-state index is 11.1. The lowest BCUT2D eigenvalue weighted by Crippen LogP contribution is -2.26. The number of hydrogen-bond donors (Lipinski definition) is 1. The normalized spacial score (nSPS) is 12.7. The van der Waals surface area contributed by atoms with Crippen molar-refractivity contribution >= 4 is 5.97 Å². The number of carbonyl (C=O) groups excluding carboxylic acids is 1. The Hall–Kier alpha value is -1.29. The molecule has 1 atom stereocenters. The molecule has 0 saturated carbocycles. The summed E-state index contributed by atoms with van der Waals surface area (Å²) in [6.45, 7) is 8.55. The molecule has 1 aromatic rings. The third-order valence-electron chi connectivity index (χ3n) is 3.44. The van der Waals surface area contributed by atoms with Crippen molar-refractivity contribution in [2.75, 3.05) is 13.7 Å². The van der Waals surface area contributed by atoms with Gasteiger partial charge in [-0.15, -0.1) is 0 Å². The molecule has 0 radical (unpaired) electrons. The number of rotatable bonds is 9. The van der Waals surface area contributed by atoms with Crippen LogP contribution in [0.1, 0.15) is 51.6 Å². The first kappa shape index (κ1) is 16.8. The fraction of sp³-hybridized carbons (Fsp3) is 0.688. The minimum atomic E-state index is -0.137. The minimum Gasteiger partial charge on any atom is -0.469 e. The van der Waals surface area contributed by atoms with E-state index in [-0.39, 0.29) is 5.97 Å². The van der Waals surface area contributed by atoms with E-state index in [2.05, 4.69) is 53.9 Å². The first-order valence-corrected chi connectivity index (χ1v) is 7.54. The number of nitrogens with one attached hydrogen (secondary N) is 1. The van der Waals surface area contributed by atoms with E-state index in [4.69, 9.17) is 0 Å². The lowest BCUT2D eigenvalue weighted by Gasteiger charge is -2.21. The van der Waals surface area contributed by atoms with Gasteiger partial charge in [-0.25, -0.2) is 0 Å². The van der Waals surface area contributed by atoms with Gasteiger partial charge in [0, 0.05) is 31.4 Å². The number of aryl methyl sites for hydroxylation is 1. The second kappa shape index (κ2) is 8.80. The minimum absolute atomic E-state index is 0.137. The molecule has 0 aliphatic rings. The summed E-state index contributed by atoms with van der Waals surface area (Å²) in [5.74, 6) is 0.425. The van der Waals surface area contributed by atoms with Gasteiger partial charge in [-0.05, 0) is 36.9 Å². The Kier molecular flexibility index (Phi) is 7.37. The molecule has 1 N–H and O–H groups in total. The molecular weight excluding hydrogens is 252 g/mol. The zero-order valence-electron chi connectivity index (χ0n) is 13.2. The van der Waals surface area contributed by atoms with Gasteiger partial charge in [-0.1, -0.05) is 20.8 Å². The van der Waals surface area contributed by atoms with Gasteiger partial charge in [-0.3, -0.25) is 4.79 Å². The van der Waals surface area contributed by atoms with Crippen molar-refractivity contribution < 1.29 is 9.53 Å². The molecule has 0 aliphatic carbocycles. The molecule has 4 nitrogen and oxygen atoms in total. The molecule has 0 amide bonds. The molecule has 1 heterocycles. The largest absolute Gasteiger partial charge is 0.469 e. The van der Waals surface area contributed by atoms with Crippen molar-refractivity contribution in [2.24, 2.45) is 5.92 Å². The van der Waals surface area contributed by atoms with Gasteiger partial charge >= 0.3 is 5.97 Å². The average molecular weight is 280 g/mol. The number of ether oxygens (including phenoxy) is 1. The van der Waals surface area contributed by atoms with Crippen LogP contribution in [0.4, 0.5) is 0 Å². The van der Waals surface area contributed by atoms with Crippen LogP contribution in [0.15, 0.2) is 18.5 Å². The topological polar surface area (TPSA) is 43.3 Å². The smallest absolute Gasteiger partial charge is 0.305 e. The van der Waals surface area contributed by atoms with Crippen molar-refractivity contribution in [3.05, 3.63) is 24.0 Å². The molecule has 0 saturated heterocycles. The number of methoxy groups -OCH3 is 1. The van der Waals surface area contributed by atoms with Gasteiger partial charge in [0.2, 0.25) is 0 Å².